The zero-order valence-electron chi connectivity index (χ0n) is 17.7. The normalized spacial score (nSPS) is 15.8. The Morgan fingerprint density at radius 2 is 1.90 bits per heavy atom. The summed E-state index contributed by atoms with van der Waals surface area (Å²) in [5.41, 5.74) is 2.85. The van der Waals surface area contributed by atoms with Gasteiger partial charge >= 0.3 is 5.97 Å². The van der Waals surface area contributed by atoms with Crippen molar-refractivity contribution in [3.63, 3.8) is 0 Å². The highest BCUT2D eigenvalue weighted by molar-refractivity contribution is 15.0. The molecule has 2 unspecified atom stereocenters. The number of nitrogens with one attached hydrogen (secondary N) is 1. The van der Waals surface area contributed by atoms with E-state index in [2.05, 4.69) is 57.5 Å². The van der Waals surface area contributed by atoms with E-state index in [1.165, 1.54) is 0 Å². The van der Waals surface area contributed by atoms with Crippen LogP contribution in [-0.2, 0) is 11.2 Å². The number of carboxylic acid groups (broad SMARTS) is 1. The maximum absolute atomic E-state index is 11.2. The molecule has 0 aliphatic carbocycles. The monoisotopic (exact) mass is 652 g/mol. The van der Waals surface area contributed by atoms with Crippen molar-refractivity contribution in [2.45, 2.75) is 70.3 Å². The van der Waals surface area contributed by atoms with Gasteiger partial charge in [0.1, 0.15) is 11.6 Å². The van der Waals surface area contributed by atoms with E-state index in [1.54, 1.807) is 12.4 Å². The first-order chi connectivity index (χ1) is 15.0. The molecule has 0 aromatic carbocycles. The molecule has 0 fully saturated rings. The number of pyridine rings is 1. The first-order valence-electron chi connectivity index (χ1n) is 10.6. The number of carboxylic acids is 1. The van der Waals surface area contributed by atoms with Gasteiger partial charge in [-0.3, -0.25) is 4.79 Å². The van der Waals surface area contributed by atoms with E-state index in [9.17, 15) is 15.0 Å². The number of fused-ring (bicyclic) bond motifs is 1. The molecule has 3 rings (SSSR count). The van der Waals surface area contributed by atoms with Crippen molar-refractivity contribution in [2.24, 2.45) is 0 Å². The van der Waals surface area contributed by atoms with E-state index in [0.717, 1.165) is 74.1 Å². The molecular formula is C22H30I2N4O3. The average Bonchev–Trinajstić information content (AvgIpc) is 2.77. The van der Waals surface area contributed by atoms with Gasteiger partial charge in [0.25, 0.3) is 0 Å². The van der Waals surface area contributed by atoms with Gasteiger partial charge in [0.2, 0.25) is 0 Å². The number of halogens is 2. The Balaban J connectivity index is 0.00000166. The lowest BCUT2D eigenvalue weighted by Crippen LogP contribution is -2.18. The Labute approximate surface area is 207 Å². The number of aliphatic hydroxyl groups is 1. The lowest BCUT2D eigenvalue weighted by atomic mass is 9.92. The van der Waals surface area contributed by atoms with Crippen LogP contribution in [-0.4, -0.2) is 37.7 Å². The van der Waals surface area contributed by atoms with Gasteiger partial charge in [-0.15, -0.1) is 0 Å². The minimum Gasteiger partial charge on any atom is -0.481 e. The molecule has 2 aromatic rings. The van der Waals surface area contributed by atoms with Crippen molar-refractivity contribution in [3.8, 4) is 0 Å². The number of aliphatic hydroxyl groups excluding tert-OH is 1. The van der Waals surface area contributed by atoms with Crippen LogP contribution in [0.3, 0.4) is 0 Å². The second kappa shape index (κ2) is 14.1. The molecule has 0 bridgehead atoms. The van der Waals surface area contributed by atoms with E-state index >= 15 is 0 Å². The number of rotatable bonds is 10. The Bertz CT molecular complexity index is 821. The summed E-state index contributed by atoms with van der Waals surface area (Å²) in [6, 6.07) is 3.99. The van der Waals surface area contributed by atoms with Crippen LogP contribution in [0, 0.1) is 6.92 Å². The molecule has 1 aliphatic heterocycles. The fraction of sp³-hybridized carbons (Fsp3) is 0.545. The summed E-state index contributed by atoms with van der Waals surface area (Å²) >= 11 is 4.24. The van der Waals surface area contributed by atoms with Crippen LogP contribution in [0.2, 0.25) is 0 Å². The average molecular weight is 652 g/mol. The van der Waals surface area contributed by atoms with E-state index < -0.39 is 12.1 Å². The number of anilines is 1. The van der Waals surface area contributed by atoms with Crippen molar-refractivity contribution in [3.05, 3.63) is 47.2 Å². The lowest BCUT2D eigenvalue weighted by Gasteiger charge is -2.22. The molecule has 9 heteroatoms. The number of hydrogen-bond donors (Lipinski definition) is 3. The summed E-state index contributed by atoms with van der Waals surface area (Å²) in [7, 11) is 0. The van der Waals surface area contributed by atoms with Crippen LogP contribution >= 0.6 is 37.2 Å². The molecule has 0 amide bonds. The SMILES string of the molecule is Cc1ncc(C(CCCCCCc2ccc3c(n2)NCCC3O)CC(=O)O)cn1.II. The fourth-order valence-corrected chi connectivity index (χ4v) is 3.80. The van der Waals surface area contributed by atoms with Crippen molar-refractivity contribution in [1.29, 1.82) is 0 Å². The molecule has 170 valence electrons. The van der Waals surface area contributed by atoms with Crippen LogP contribution < -0.4 is 5.32 Å². The second-order valence-corrected chi connectivity index (χ2v) is 7.78. The number of carbonyl (C=O) groups is 1. The summed E-state index contributed by atoms with van der Waals surface area (Å²) in [6.07, 6.45) is 9.85. The third-order valence-electron chi connectivity index (χ3n) is 5.48. The first-order valence-corrected chi connectivity index (χ1v) is 16.9. The second-order valence-electron chi connectivity index (χ2n) is 7.78. The molecular weight excluding hydrogens is 622 g/mol. The van der Waals surface area contributed by atoms with E-state index in [1.807, 2.05) is 19.1 Å². The Kier molecular flexibility index (Phi) is 11.9. The van der Waals surface area contributed by atoms with Crippen LogP contribution in [0.4, 0.5) is 5.82 Å². The molecule has 0 saturated carbocycles. The van der Waals surface area contributed by atoms with Gasteiger partial charge in [-0.1, -0.05) is 25.3 Å². The quantitative estimate of drug-likeness (QED) is 0.228. The van der Waals surface area contributed by atoms with Crippen LogP contribution in [0.5, 0.6) is 0 Å². The van der Waals surface area contributed by atoms with Gasteiger partial charge < -0.3 is 15.5 Å². The van der Waals surface area contributed by atoms with Gasteiger partial charge in [-0.25, -0.2) is 15.0 Å². The van der Waals surface area contributed by atoms with E-state index in [0.29, 0.717) is 5.82 Å². The Morgan fingerprint density at radius 1 is 1.19 bits per heavy atom. The smallest absolute Gasteiger partial charge is 0.303 e. The zero-order valence-corrected chi connectivity index (χ0v) is 22.0. The van der Waals surface area contributed by atoms with Gasteiger partial charge in [0.15, 0.2) is 0 Å². The van der Waals surface area contributed by atoms with Gasteiger partial charge in [0.05, 0.1) is 12.5 Å². The van der Waals surface area contributed by atoms with E-state index in [-0.39, 0.29) is 12.3 Å². The van der Waals surface area contributed by atoms with Gasteiger partial charge in [-0.05, 0) is 50.2 Å². The number of aliphatic carboxylic acids is 1. The Hall–Kier alpha value is -1.08. The standard InChI is InChI=1S/C22H30N4O3.I2/c1-15-24-13-17(14-25-15)16(12-21(28)29)6-4-2-3-5-7-18-8-9-19-20(27)10-11-23-22(19)26-18;1-2/h8-9,13-14,16,20,27H,2-7,10-12H2,1H3,(H,23,26)(H,28,29);. The Morgan fingerprint density at radius 3 is 2.61 bits per heavy atom. The number of aromatic nitrogens is 3. The molecule has 7 nitrogen and oxygen atoms in total. The molecule has 0 saturated heterocycles. The fourth-order valence-electron chi connectivity index (χ4n) is 3.80. The highest BCUT2D eigenvalue weighted by Crippen LogP contribution is 2.29. The largest absolute Gasteiger partial charge is 0.481 e. The highest BCUT2D eigenvalue weighted by Gasteiger charge is 2.19. The van der Waals surface area contributed by atoms with E-state index in [4.69, 9.17) is 0 Å². The number of unbranched alkanes of at least 4 members (excludes halogenated alkanes) is 3. The molecule has 1 aliphatic rings. The van der Waals surface area contributed by atoms with Crippen LogP contribution in [0.15, 0.2) is 24.5 Å². The maximum atomic E-state index is 11.2. The number of hydrogen-bond acceptors (Lipinski definition) is 6. The van der Waals surface area contributed by atoms with Crippen LogP contribution in [0.25, 0.3) is 0 Å². The molecule has 0 spiro atoms. The molecule has 3 heterocycles. The maximum Gasteiger partial charge on any atom is 0.303 e. The van der Waals surface area contributed by atoms with Crippen molar-refractivity contribution in [2.75, 3.05) is 11.9 Å². The molecule has 3 N–H and O–H groups in total. The third-order valence-corrected chi connectivity index (χ3v) is 5.48. The highest BCUT2D eigenvalue weighted by atomic mass is 128. The summed E-state index contributed by atoms with van der Waals surface area (Å²) in [5.74, 6) is 0.696. The minimum absolute atomic E-state index is 0.0343. The third kappa shape index (κ3) is 8.76. The molecule has 2 atom stereocenters. The van der Waals surface area contributed by atoms with Crippen molar-refractivity contribution in [1.82, 2.24) is 15.0 Å². The lowest BCUT2D eigenvalue weighted by molar-refractivity contribution is -0.137. The summed E-state index contributed by atoms with van der Waals surface area (Å²) in [6.45, 7) is 2.58. The van der Waals surface area contributed by atoms with Crippen molar-refractivity contribution >= 4 is 49.0 Å². The molecule has 0 radical (unpaired) electrons. The molecule has 31 heavy (non-hydrogen) atoms. The minimum atomic E-state index is -0.784. The summed E-state index contributed by atoms with van der Waals surface area (Å²) in [4.78, 5) is 24.2. The predicted octanol–water partition coefficient (Wildman–Crippen LogP) is 5.55. The van der Waals surface area contributed by atoms with Gasteiger partial charge in [0, 0.05) is 67.4 Å². The van der Waals surface area contributed by atoms with Crippen LogP contribution in [0.1, 0.15) is 79.6 Å². The van der Waals surface area contributed by atoms with Gasteiger partial charge in [-0.2, -0.15) is 0 Å². The number of aryl methyl sites for hydroxylation is 2. The summed E-state index contributed by atoms with van der Waals surface area (Å²) in [5, 5.41) is 22.5. The first kappa shape index (κ1) is 26.2. The van der Waals surface area contributed by atoms with Crippen molar-refractivity contribution < 1.29 is 15.0 Å². The predicted molar refractivity (Wildman–Crippen MR) is 139 cm³/mol. The number of nitrogens with zero attached hydrogens (tertiary/aromatic N) is 3. The summed E-state index contributed by atoms with van der Waals surface area (Å²) < 4.78 is 0. The zero-order chi connectivity index (χ0) is 22.6. The topological polar surface area (TPSA) is 108 Å². The molecule has 2 aromatic heterocycles.